The zero-order valence-electron chi connectivity index (χ0n) is 16.0. The number of halogens is 1. The molecule has 0 atom stereocenters. The SMILES string of the molecule is CC(=O)N1CCC(C(=O)N2CCc3noc(-c4cc(Cl)c(O)cc4O)c3C2)CC1. The fourth-order valence-electron chi connectivity index (χ4n) is 4.04. The summed E-state index contributed by atoms with van der Waals surface area (Å²) in [6.45, 7) is 3.63. The molecule has 8 nitrogen and oxygen atoms in total. The van der Waals surface area contributed by atoms with E-state index in [0.29, 0.717) is 56.8 Å². The van der Waals surface area contributed by atoms with E-state index in [1.54, 1.807) is 16.7 Å². The molecule has 2 N–H and O–H groups in total. The largest absolute Gasteiger partial charge is 0.507 e. The zero-order chi connectivity index (χ0) is 20.7. The second-order valence-corrected chi connectivity index (χ2v) is 7.96. The lowest BCUT2D eigenvalue weighted by Gasteiger charge is -2.35. The summed E-state index contributed by atoms with van der Waals surface area (Å²) in [5.41, 5.74) is 1.81. The Bertz CT molecular complexity index is 965. The van der Waals surface area contributed by atoms with E-state index >= 15 is 0 Å². The second kappa shape index (κ2) is 7.59. The number of benzene rings is 1. The minimum absolute atomic E-state index is 0.0417. The number of aromatic nitrogens is 1. The van der Waals surface area contributed by atoms with Gasteiger partial charge in [0, 0.05) is 50.5 Å². The molecule has 0 saturated carbocycles. The maximum Gasteiger partial charge on any atom is 0.226 e. The topological polar surface area (TPSA) is 107 Å². The van der Waals surface area contributed by atoms with Crippen LogP contribution in [0.5, 0.6) is 11.5 Å². The first-order valence-electron chi connectivity index (χ1n) is 9.58. The molecule has 0 radical (unpaired) electrons. The highest BCUT2D eigenvalue weighted by Gasteiger charge is 2.33. The second-order valence-electron chi connectivity index (χ2n) is 7.55. The van der Waals surface area contributed by atoms with Gasteiger partial charge in [0.2, 0.25) is 11.8 Å². The van der Waals surface area contributed by atoms with Crippen LogP contribution in [0.3, 0.4) is 0 Å². The van der Waals surface area contributed by atoms with Crippen LogP contribution in [0.15, 0.2) is 16.7 Å². The van der Waals surface area contributed by atoms with Crippen molar-refractivity contribution in [2.24, 2.45) is 5.92 Å². The van der Waals surface area contributed by atoms with Crippen molar-refractivity contribution in [1.82, 2.24) is 15.0 Å². The zero-order valence-corrected chi connectivity index (χ0v) is 16.8. The number of carbonyl (C=O) groups excluding carboxylic acids is 2. The molecule has 1 aromatic heterocycles. The molecule has 4 rings (SSSR count). The van der Waals surface area contributed by atoms with Gasteiger partial charge in [-0.25, -0.2) is 0 Å². The molecule has 3 heterocycles. The van der Waals surface area contributed by atoms with Gasteiger partial charge in [-0.05, 0) is 18.9 Å². The molecule has 2 amide bonds. The third-order valence-corrected chi connectivity index (χ3v) is 6.05. The van der Waals surface area contributed by atoms with Gasteiger partial charge in [-0.15, -0.1) is 0 Å². The number of phenolic OH excluding ortho intramolecular Hbond substituents is 2. The van der Waals surface area contributed by atoms with E-state index in [4.69, 9.17) is 16.1 Å². The number of fused-ring (bicyclic) bond motifs is 1. The minimum atomic E-state index is -0.227. The van der Waals surface area contributed by atoms with Gasteiger partial charge in [-0.2, -0.15) is 0 Å². The molecule has 0 aliphatic carbocycles. The summed E-state index contributed by atoms with van der Waals surface area (Å²) in [5.74, 6) is -0.0462. The third-order valence-electron chi connectivity index (χ3n) is 5.75. The Morgan fingerprint density at radius 3 is 2.55 bits per heavy atom. The van der Waals surface area contributed by atoms with Crippen molar-refractivity contribution in [1.29, 1.82) is 0 Å². The number of hydrogen-bond donors (Lipinski definition) is 2. The van der Waals surface area contributed by atoms with Gasteiger partial charge in [0.1, 0.15) is 11.5 Å². The van der Waals surface area contributed by atoms with E-state index < -0.39 is 0 Å². The van der Waals surface area contributed by atoms with E-state index in [-0.39, 0.29) is 34.3 Å². The van der Waals surface area contributed by atoms with Gasteiger partial charge < -0.3 is 24.5 Å². The molecule has 154 valence electrons. The molecule has 1 saturated heterocycles. The van der Waals surface area contributed by atoms with Crippen LogP contribution in [0, 0.1) is 5.92 Å². The van der Waals surface area contributed by atoms with Gasteiger partial charge in [0.15, 0.2) is 5.76 Å². The smallest absolute Gasteiger partial charge is 0.226 e. The molecule has 0 bridgehead atoms. The number of aromatic hydroxyl groups is 2. The first-order valence-corrected chi connectivity index (χ1v) is 9.96. The highest BCUT2D eigenvalue weighted by molar-refractivity contribution is 6.32. The number of phenols is 2. The van der Waals surface area contributed by atoms with Crippen molar-refractivity contribution in [3.8, 4) is 22.8 Å². The Balaban J connectivity index is 1.53. The highest BCUT2D eigenvalue weighted by atomic mass is 35.5. The molecular formula is C20H22ClN3O5. The summed E-state index contributed by atoms with van der Waals surface area (Å²) in [6, 6.07) is 2.58. The van der Waals surface area contributed by atoms with Gasteiger partial charge >= 0.3 is 0 Å². The number of nitrogens with zero attached hydrogens (tertiary/aromatic N) is 3. The quantitative estimate of drug-likeness (QED) is 0.774. The summed E-state index contributed by atoms with van der Waals surface area (Å²) in [4.78, 5) is 28.1. The monoisotopic (exact) mass is 419 g/mol. The molecule has 1 fully saturated rings. The van der Waals surface area contributed by atoms with Crippen LogP contribution in [0.1, 0.15) is 31.0 Å². The van der Waals surface area contributed by atoms with Gasteiger partial charge in [0.05, 0.1) is 22.8 Å². The van der Waals surface area contributed by atoms with E-state index in [1.165, 1.54) is 6.07 Å². The van der Waals surface area contributed by atoms with E-state index in [0.717, 1.165) is 17.3 Å². The average Bonchev–Trinajstić information content (AvgIpc) is 3.13. The maximum atomic E-state index is 13.0. The fraction of sp³-hybridized carbons (Fsp3) is 0.450. The molecule has 0 spiro atoms. The summed E-state index contributed by atoms with van der Waals surface area (Å²) < 4.78 is 5.46. The van der Waals surface area contributed by atoms with Gasteiger partial charge in [-0.1, -0.05) is 16.8 Å². The lowest BCUT2D eigenvalue weighted by atomic mass is 9.93. The number of amides is 2. The number of likely N-dealkylation sites (tertiary alicyclic amines) is 1. The Hall–Kier alpha value is -2.74. The molecule has 9 heteroatoms. The number of piperidine rings is 1. The Morgan fingerprint density at radius 1 is 1.14 bits per heavy atom. The predicted octanol–water partition coefficient (Wildman–Crippen LogP) is 2.55. The molecule has 2 aromatic rings. The summed E-state index contributed by atoms with van der Waals surface area (Å²) in [6.07, 6.45) is 1.88. The summed E-state index contributed by atoms with van der Waals surface area (Å²) in [7, 11) is 0. The van der Waals surface area contributed by atoms with E-state index in [1.807, 2.05) is 0 Å². The van der Waals surface area contributed by atoms with Gasteiger partial charge in [-0.3, -0.25) is 9.59 Å². The third kappa shape index (κ3) is 3.64. The van der Waals surface area contributed by atoms with Crippen LogP contribution >= 0.6 is 11.6 Å². The number of carbonyl (C=O) groups is 2. The van der Waals surface area contributed by atoms with Crippen LogP contribution in [-0.2, 0) is 22.6 Å². The summed E-state index contributed by atoms with van der Waals surface area (Å²) in [5, 5.41) is 24.1. The molecule has 1 aromatic carbocycles. The van der Waals surface area contributed by atoms with Crippen LogP contribution in [0.2, 0.25) is 5.02 Å². The summed E-state index contributed by atoms with van der Waals surface area (Å²) >= 11 is 5.98. The molecule has 2 aliphatic rings. The van der Waals surface area contributed by atoms with Crippen molar-refractivity contribution >= 4 is 23.4 Å². The van der Waals surface area contributed by atoms with E-state index in [2.05, 4.69) is 5.16 Å². The van der Waals surface area contributed by atoms with E-state index in [9.17, 15) is 19.8 Å². The Morgan fingerprint density at radius 2 is 1.86 bits per heavy atom. The van der Waals surface area contributed by atoms with Crippen LogP contribution in [0.4, 0.5) is 0 Å². The fourth-order valence-corrected chi connectivity index (χ4v) is 4.21. The molecule has 0 unspecified atom stereocenters. The lowest BCUT2D eigenvalue weighted by Crippen LogP contribution is -2.45. The minimum Gasteiger partial charge on any atom is -0.507 e. The average molecular weight is 420 g/mol. The maximum absolute atomic E-state index is 13.0. The van der Waals surface area contributed by atoms with Crippen molar-refractivity contribution in [3.63, 3.8) is 0 Å². The molecular weight excluding hydrogens is 398 g/mol. The first kappa shape index (κ1) is 19.6. The lowest BCUT2D eigenvalue weighted by molar-refractivity contribution is -0.140. The first-order chi connectivity index (χ1) is 13.8. The van der Waals surface area contributed by atoms with Crippen LogP contribution in [0.25, 0.3) is 11.3 Å². The molecule has 29 heavy (non-hydrogen) atoms. The highest BCUT2D eigenvalue weighted by Crippen LogP contribution is 2.40. The van der Waals surface area contributed by atoms with Crippen molar-refractivity contribution in [2.45, 2.75) is 32.7 Å². The van der Waals surface area contributed by atoms with Crippen molar-refractivity contribution in [3.05, 3.63) is 28.4 Å². The predicted molar refractivity (Wildman–Crippen MR) is 104 cm³/mol. The Labute approximate surface area is 172 Å². The standard InChI is InChI=1S/C20H22ClN3O5/c1-11(25)23-5-2-12(3-6-23)20(28)24-7-4-16-14(10-24)19(29-22-16)13-8-15(21)18(27)9-17(13)26/h8-9,12,26-27H,2-7,10H2,1H3. The van der Waals surface area contributed by atoms with Crippen molar-refractivity contribution in [2.75, 3.05) is 19.6 Å². The number of hydrogen-bond acceptors (Lipinski definition) is 6. The molecule has 2 aliphatic heterocycles. The van der Waals surface area contributed by atoms with Crippen LogP contribution < -0.4 is 0 Å². The van der Waals surface area contributed by atoms with Crippen LogP contribution in [-0.4, -0.2) is 56.6 Å². The Kier molecular flexibility index (Phi) is 5.12. The normalized spacial score (nSPS) is 17.3. The van der Waals surface area contributed by atoms with Crippen molar-refractivity contribution < 1.29 is 24.3 Å². The van der Waals surface area contributed by atoms with Gasteiger partial charge in [0.25, 0.3) is 0 Å². The number of rotatable bonds is 2.